The number of benzene rings is 3. The number of hydrogen-bond acceptors (Lipinski definition) is 2. The van der Waals surface area contributed by atoms with Gasteiger partial charge in [0.2, 0.25) is 0 Å². The van der Waals surface area contributed by atoms with Crippen molar-refractivity contribution >= 4 is 26.7 Å². The first kappa shape index (κ1) is 14.1. The molecule has 3 heteroatoms. The van der Waals surface area contributed by atoms with Crippen LogP contribution in [0, 0.1) is 0 Å². The Hall–Kier alpha value is -1.84. The van der Waals surface area contributed by atoms with Gasteiger partial charge in [-0.2, -0.15) is 0 Å². The summed E-state index contributed by atoms with van der Waals surface area (Å²) >= 11 is 3.45. The Bertz CT molecular complexity index is 765. The first-order chi connectivity index (χ1) is 10.3. The van der Waals surface area contributed by atoms with Gasteiger partial charge in [0.15, 0.2) is 0 Å². The second kappa shape index (κ2) is 6.29. The Morgan fingerprint density at radius 2 is 1.71 bits per heavy atom. The van der Waals surface area contributed by atoms with Crippen LogP contribution in [0.1, 0.15) is 11.1 Å². The second-order valence-electron chi connectivity index (χ2n) is 4.88. The summed E-state index contributed by atoms with van der Waals surface area (Å²) in [6, 6.07) is 20.5. The summed E-state index contributed by atoms with van der Waals surface area (Å²) < 4.78 is 6.99. The summed E-state index contributed by atoms with van der Waals surface area (Å²) in [5, 5.41) is 2.46. The molecule has 0 aliphatic rings. The lowest BCUT2D eigenvalue weighted by atomic mass is 10.1. The first-order valence-electron chi connectivity index (χ1n) is 6.86. The van der Waals surface area contributed by atoms with Crippen molar-refractivity contribution in [3.63, 3.8) is 0 Å². The maximum atomic E-state index is 5.98. The summed E-state index contributed by atoms with van der Waals surface area (Å²) in [5.41, 5.74) is 7.96. The molecule has 0 amide bonds. The van der Waals surface area contributed by atoms with Crippen molar-refractivity contribution in [1.82, 2.24) is 0 Å². The van der Waals surface area contributed by atoms with Crippen molar-refractivity contribution in [1.29, 1.82) is 0 Å². The smallest absolute Gasteiger partial charge is 0.124 e. The molecule has 0 aliphatic carbocycles. The molecule has 0 radical (unpaired) electrons. The zero-order chi connectivity index (χ0) is 14.7. The lowest BCUT2D eigenvalue weighted by Crippen LogP contribution is -2.03. The van der Waals surface area contributed by atoms with E-state index < -0.39 is 0 Å². The zero-order valence-corrected chi connectivity index (χ0v) is 13.1. The van der Waals surface area contributed by atoms with Gasteiger partial charge in [-0.15, -0.1) is 0 Å². The van der Waals surface area contributed by atoms with Gasteiger partial charge in [0.1, 0.15) is 12.4 Å². The molecule has 2 nitrogen and oxygen atoms in total. The zero-order valence-electron chi connectivity index (χ0n) is 11.6. The van der Waals surface area contributed by atoms with Crippen LogP contribution in [0.15, 0.2) is 65.1 Å². The Kier molecular flexibility index (Phi) is 4.23. The third kappa shape index (κ3) is 3.09. The fraction of sp³-hybridized carbons (Fsp3) is 0.111. The maximum Gasteiger partial charge on any atom is 0.124 e. The molecule has 0 bridgehead atoms. The van der Waals surface area contributed by atoms with E-state index in [2.05, 4.69) is 52.3 Å². The van der Waals surface area contributed by atoms with Gasteiger partial charge in [0.05, 0.1) is 0 Å². The van der Waals surface area contributed by atoms with Gasteiger partial charge in [0, 0.05) is 16.6 Å². The second-order valence-corrected chi connectivity index (χ2v) is 5.80. The van der Waals surface area contributed by atoms with Gasteiger partial charge in [-0.05, 0) is 34.5 Å². The highest BCUT2D eigenvalue weighted by molar-refractivity contribution is 9.10. The van der Waals surface area contributed by atoms with Crippen LogP contribution in [-0.2, 0) is 13.2 Å². The van der Waals surface area contributed by atoms with Crippen molar-refractivity contribution in [2.75, 3.05) is 0 Å². The van der Waals surface area contributed by atoms with Gasteiger partial charge < -0.3 is 10.5 Å². The van der Waals surface area contributed by atoms with E-state index in [1.807, 2.05) is 24.3 Å². The minimum atomic E-state index is 0.463. The average molecular weight is 342 g/mol. The number of halogens is 1. The van der Waals surface area contributed by atoms with Crippen molar-refractivity contribution in [2.24, 2.45) is 5.73 Å². The molecule has 0 aromatic heterocycles. The minimum absolute atomic E-state index is 0.463. The van der Waals surface area contributed by atoms with E-state index in [4.69, 9.17) is 10.5 Å². The van der Waals surface area contributed by atoms with Crippen LogP contribution in [0.25, 0.3) is 10.8 Å². The highest BCUT2D eigenvalue weighted by Crippen LogP contribution is 2.25. The van der Waals surface area contributed by atoms with Gasteiger partial charge in [-0.25, -0.2) is 0 Å². The van der Waals surface area contributed by atoms with Crippen LogP contribution in [0.4, 0.5) is 0 Å². The van der Waals surface area contributed by atoms with Gasteiger partial charge in [0.25, 0.3) is 0 Å². The quantitative estimate of drug-likeness (QED) is 0.750. The summed E-state index contributed by atoms with van der Waals surface area (Å²) in [6.45, 7) is 1.00. The van der Waals surface area contributed by atoms with Crippen LogP contribution in [-0.4, -0.2) is 0 Å². The van der Waals surface area contributed by atoms with Crippen LogP contribution in [0.3, 0.4) is 0 Å². The topological polar surface area (TPSA) is 35.2 Å². The molecule has 0 saturated carbocycles. The Balaban J connectivity index is 1.87. The van der Waals surface area contributed by atoms with Crippen LogP contribution >= 0.6 is 15.9 Å². The van der Waals surface area contributed by atoms with Crippen LogP contribution in [0.5, 0.6) is 5.75 Å². The number of nitrogens with two attached hydrogens (primary N) is 1. The van der Waals surface area contributed by atoms with E-state index in [1.165, 1.54) is 16.3 Å². The fourth-order valence-corrected chi connectivity index (χ4v) is 2.83. The van der Waals surface area contributed by atoms with E-state index in [9.17, 15) is 0 Å². The Morgan fingerprint density at radius 3 is 2.57 bits per heavy atom. The number of hydrogen-bond donors (Lipinski definition) is 1. The maximum absolute atomic E-state index is 5.98. The standard InChI is InChI=1S/C18H16BrNO/c19-16-8-9-18(15(10-16)11-20)21-12-14-6-3-5-13-4-1-2-7-17(13)14/h1-10H,11-12,20H2. The molecule has 0 spiro atoms. The fourth-order valence-electron chi connectivity index (χ4n) is 2.42. The van der Waals surface area contributed by atoms with E-state index in [1.54, 1.807) is 0 Å². The van der Waals surface area contributed by atoms with Crippen molar-refractivity contribution in [3.8, 4) is 5.75 Å². The molecule has 0 fully saturated rings. The summed E-state index contributed by atoms with van der Waals surface area (Å²) in [6.07, 6.45) is 0. The molecule has 3 aromatic carbocycles. The predicted octanol–water partition coefficient (Wildman–Crippen LogP) is 4.64. The highest BCUT2D eigenvalue weighted by Gasteiger charge is 2.05. The Morgan fingerprint density at radius 1 is 0.905 bits per heavy atom. The Labute approximate surface area is 132 Å². The molecule has 0 heterocycles. The van der Waals surface area contributed by atoms with Crippen molar-refractivity contribution in [3.05, 3.63) is 76.3 Å². The van der Waals surface area contributed by atoms with E-state index in [0.717, 1.165) is 15.8 Å². The molecular formula is C18H16BrNO. The predicted molar refractivity (Wildman–Crippen MR) is 90.3 cm³/mol. The van der Waals surface area contributed by atoms with E-state index in [-0.39, 0.29) is 0 Å². The molecule has 0 unspecified atom stereocenters. The van der Waals surface area contributed by atoms with E-state index >= 15 is 0 Å². The third-order valence-electron chi connectivity index (χ3n) is 3.51. The van der Waals surface area contributed by atoms with Gasteiger partial charge in [-0.3, -0.25) is 0 Å². The van der Waals surface area contributed by atoms with Gasteiger partial charge >= 0.3 is 0 Å². The lowest BCUT2D eigenvalue weighted by Gasteiger charge is -2.12. The lowest BCUT2D eigenvalue weighted by molar-refractivity contribution is 0.304. The monoisotopic (exact) mass is 341 g/mol. The van der Waals surface area contributed by atoms with Crippen molar-refractivity contribution in [2.45, 2.75) is 13.2 Å². The first-order valence-corrected chi connectivity index (χ1v) is 7.65. The highest BCUT2D eigenvalue weighted by atomic mass is 79.9. The van der Waals surface area contributed by atoms with Crippen LogP contribution < -0.4 is 10.5 Å². The number of fused-ring (bicyclic) bond motifs is 1. The molecule has 0 atom stereocenters. The normalized spacial score (nSPS) is 10.8. The SMILES string of the molecule is NCc1cc(Br)ccc1OCc1cccc2ccccc12. The molecule has 106 valence electrons. The summed E-state index contributed by atoms with van der Waals surface area (Å²) in [7, 11) is 0. The minimum Gasteiger partial charge on any atom is -0.489 e. The van der Waals surface area contributed by atoms with Crippen molar-refractivity contribution < 1.29 is 4.74 Å². The molecule has 3 aromatic rings. The summed E-state index contributed by atoms with van der Waals surface area (Å²) in [5.74, 6) is 0.841. The molecule has 2 N–H and O–H groups in total. The summed E-state index contributed by atoms with van der Waals surface area (Å²) in [4.78, 5) is 0. The molecule has 0 saturated heterocycles. The van der Waals surface area contributed by atoms with Crippen LogP contribution in [0.2, 0.25) is 0 Å². The molecule has 3 rings (SSSR count). The molecule has 21 heavy (non-hydrogen) atoms. The third-order valence-corrected chi connectivity index (χ3v) is 4.00. The average Bonchev–Trinajstić information content (AvgIpc) is 2.53. The van der Waals surface area contributed by atoms with E-state index in [0.29, 0.717) is 13.2 Å². The molecular weight excluding hydrogens is 326 g/mol. The number of rotatable bonds is 4. The van der Waals surface area contributed by atoms with Gasteiger partial charge in [-0.1, -0.05) is 58.4 Å². The number of ether oxygens (including phenoxy) is 1. The largest absolute Gasteiger partial charge is 0.489 e. The molecule has 0 aliphatic heterocycles.